The summed E-state index contributed by atoms with van der Waals surface area (Å²) in [6.07, 6.45) is 1.15. The Kier molecular flexibility index (Phi) is 4.66. The molecule has 0 aliphatic carbocycles. The van der Waals surface area contributed by atoms with Crippen molar-refractivity contribution in [3.8, 4) is 11.5 Å². The molecule has 3 rings (SSSR count). The molecule has 0 aromatic heterocycles. The van der Waals surface area contributed by atoms with Crippen LogP contribution in [0.2, 0.25) is 0 Å². The molecule has 1 saturated heterocycles. The van der Waals surface area contributed by atoms with Crippen LogP contribution in [0.25, 0.3) is 0 Å². The summed E-state index contributed by atoms with van der Waals surface area (Å²) in [5.41, 5.74) is 0.783. The number of carbonyl (C=O) groups is 1. The molecule has 0 saturated carbocycles. The standard InChI is InChI=1S/C15H20N2O6S/c1-21-11-6-12(17(8-11)24(2,19)20)15(18)16-7-10-4-3-5-13-14(10)23-9-22-13/h3-5,11-12H,6-9H2,1-2H3,(H,16,18)/t11-,12+/m0/s1. The molecule has 8 nitrogen and oxygen atoms in total. The number of hydrogen-bond acceptors (Lipinski definition) is 6. The van der Waals surface area contributed by atoms with E-state index in [-0.39, 0.29) is 31.9 Å². The molecule has 1 fully saturated rings. The number of methoxy groups -OCH3 is 1. The quantitative estimate of drug-likeness (QED) is 0.803. The van der Waals surface area contributed by atoms with Crippen LogP contribution in [0, 0.1) is 0 Å². The third kappa shape index (κ3) is 3.33. The van der Waals surface area contributed by atoms with E-state index in [2.05, 4.69) is 5.32 Å². The average molecular weight is 356 g/mol. The highest BCUT2D eigenvalue weighted by Gasteiger charge is 2.41. The van der Waals surface area contributed by atoms with Gasteiger partial charge < -0.3 is 19.5 Å². The molecular formula is C15H20N2O6S. The lowest BCUT2D eigenvalue weighted by Crippen LogP contribution is -2.45. The molecule has 0 spiro atoms. The number of benzene rings is 1. The molecule has 1 amide bonds. The van der Waals surface area contributed by atoms with Crippen molar-refractivity contribution < 1.29 is 27.4 Å². The molecule has 0 unspecified atom stereocenters. The maximum Gasteiger partial charge on any atom is 0.238 e. The van der Waals surface area contributed by atoms with Gasteiger partial charge in [-0.25, -0.2) is 8.42 Å². The van der Waals surface area contributed by atoms with Gasteiger partial charge in [-0.1, -0.05) is 12.1 Å². The van der Waals surface area contributed by atoms with Crippen LogP contribution in [0.3, 0.4) is 0 Å². The maximum atomic E-state index is 12.5. The average Bonchev–Trinajstić information content (AvgIpc) is 3.18. The lowest BCUT2D eigenvalue weighted by atomic mass is 10.1. The van der Waals surface area contributed by atoms with Gasteiger partial charge in [-0.15, -0.1) is 0 Å². The SMILES string of the molecule is CO[C@H]1C[C@H](C(=O)NCc2cccc3c2OCO3)N(S(C)(=O)=O)C1. The van der Waals surface area contributed by atoms with Crippen molar-refractivity contribution in [2.24, 2.45) is 0 Å². The third-order valence-corrected chi connectivity index (χ3v) is 5.47. The summed E-state index contributed by atoms with van der Waals surface area (Å²) in [7, 11) is -1.97. The van der Waals surface area contributed by atoms with Gasteiger partial charge in [0.1, 0.15) is 6.04 Å². The highest BCUT2D eigenvalue weighted by molar-refractivity contribution is 7.88. The fourth-order valence-corrected chi connectivity index (χ4v) is 4.06. The Bertz CT molecular complexity index is 735. The lowest BCUT2D eigenvalue weighted by molar-refractivity contribution is -0.124. The molecule has 2 aliphatic heterocycles. The van der Waals surface area contributed by atoms with Gasteiger partial charge in [0, 0.05) is 32.2 Å². The third-order valence-electron chi connectivity index (χ3n) is 4.21. The topological polar surface area (TPSA) is 94.2 Å². The summed E-state index contributed by atoms with van der Waals surface area (Å²) in [6.45, 7) is 0.572. The molecule has 0 radical (unpaired) electrons. The van der Waals surface area contributed by atoms with Crippen LogP contribution in [-0.4, -0.2) is 57.5 Å². The van der Waals surface area contributed by atoms with E-state index in [0.29, 0.717) is 17.9 Å². The minimum Gasteiger partial charge on any atom is -0.454 e. The van der Waals surface area contributed by atoms with E-state index in [1.807, 2.05) is 12.1 Å². The van der Waals surface area contributed by atoms with Crippen LogP contribution in [-0.2, 0) is 26.1 Å². The van der Waals surface area contributed by atoms with Crippen LogP contribution >= 0.6 is 0 Å². The van der Waals surface area contributed by atoms with Crippen molar-refractivity contribution in [2.75, 3.05) is 26.7 Å². The van der Waals surface area contributed by atoms with Crippen LogP contribution in [0.5, 0.6) is 11.5 Å². The van der Waals surface area contributed by atoms with Gasteiger partial charge in [0.05, 0.1) is 12.4 Å². The number of sulfonamides is 1. The number of nitrogens with zero attached hydrogens (tertiary/aromatic N) is 1. The van der Waals surface area contributed by atoms with E-state index in [4.69, 9.17) is 14.2 Å². The number of amides is 1. The molecular weight excluding hydrogens is 336 g/mol. The predicted octanol–water partition coefficient (Wildman–Crippen LogP) is 0.0804. The molecule has 1 aromatic carbocycles. The predicted molar refractivity (Wildman–Crippen MR) is 85.2 cm³/mol. The molecule has 2 heterocycles. The van der Waals surface area contributed by atoms with Crippen LogP contribution in [0.15, 0.2) is 18.2 Å². The molecule has 0 bridgehead atoms. The summed E-state index contributed by atoms with van der Waals surface area (Å²) in [6, 6.07) is 4.67. The van der Waals surface area contributed by atoms with Gasteiger partial charge in [0.25, 0.3) is 0 Å². The van der Waals surface area contributed by atoms with Crippen molar-refractivity contribution in [3.63, 3.8) is 0 Å². The summed E-state index contributed by atoms with van der Waals surface area (Å²) in [5, 5.41) is 2.78. The van der Waals surface area contributed by atoms with E-state index in [1.54, 1.807) is 6.07 Å². The number of para-hydroxylation sites is 1. The van der Waals surface area contributed by atoms with Gasteiger partial charge in [-0.3, -0.25) is 4.79 Å². The monoisotopic (exact) mass is 356 g/mol. The largest absolute Gasteiger partial charge is 0.454 e. The fourth-order valence-electron chi connectivity index (χ4n) is 2.97. The first-order chi connectivity index (χ1) is 11.4. The zero-order chi connectivity index (χ0) is 17.3. The first-order valence-electron chi connectivity index (χ1n) is 7.55. The highest BCUT2D eigenvalue weighted by atomic mass is 32.2. The van der Waals surface area contributed by atoms with Gasteiger partial charge in [-0.05, 0) is 6.07 Å². The maximum absolute atomic E-state index is 12.5. The Morgan fingerprint density at radius 3 is 2.92 bits per heavy atom. The number of nitrogens with one attached hydrogen (secondary N) is 1. The summed E-state index contributed by atoms with van der Waals surface area (Å²) >= 11 is 0. The van der Waals surface area contributed by atoms with Crippen molar-refractivity contribution in [1.29, 1.82) is 0 Å². The number of fused-ring (bicyclic) bond motifs is 1. The summed E-state index contributed by atoms with van der Waals surface area (Å²) in [4.78, 5) is 12.5. The zero-order valence-corrected chi connectivity index (χ0v) is 14.3. The summed E-state index contributed by atoms with van der Waals surface area (Å²) in [5.74, 6) is 0.898. The van der Waals surface area contributed by atoms with E-state index >= 15 is 0 Å². The van der Waals surface area contributed by atoms with Crippen molar-refractivity contribution >= 4 is 15.9 Å². The van der Waals surface area contributed by atoms with E-state index in [1.165, 1.54) is 11.4 Å². The molecule has 2 atom stereocenters. The Balaban J connectivity index is 1.69. The van der Waals surface area contributed by atoms with Crippen LogP contribution in [0.4, 0.5) is 0 Å². The van der Waals surface area contributed by atoms with Gasteiger partial charge in [0.2, 0.25) is 22.7 Å². The van der Waals surface area contributed by atoms with Gasteiger partial charge >= 0.3 is 0 Å². The summed E-state index contributed by atoms with van der Waals surface area (Å²) < 4.78 is 40.9. The second-order valence-electron chi connectivity index (χ2n) is 5.81. The molecule has 1 N–H and O–H groups in total. The molecule has 2 aliphatic rings. The Hall–Kier alpha value is -1.84. The zero-order valence-electron chi connectivity index (χ0n) is 13.5. The minimum absolute atomic E-state index is 0.153. The van der Waals surface area contributed by atoms with Crippen molar-refractivity contribution in [2.45, 2.75) is 25.1 Å². The van der Waals surface area contributed by atoms with Crippen LogP contribution < -0.4 is 14.8 Å². The highest BCUT2D eigenvalue weighted by Crippen LogP contribution is 2.35. The molecule has 9 heteroatoms. The van der Waals surface area contributed by atoms with Crippen molar-refractivity contribution in [3.05, 3.63) is 23.8 Å². The van der Waals surface area contributed by atoms with E-state index in [0.717, 1.165) is 11.8 Å². The van der Waals surface area contributed by atoms with Crippen LogP contribution in [0.1, 0.15) is 12.0 Å². The lowest BCUT2D eigenvalue weighted by Gasteiger charge is -2.21. The second-order valence-corrected chi connectivity index (χ2v) is 7.75. The number of rotatable bonds is 5. The fraction of sp³-hybridized carbons (Fsp3) is 0.533. The first-order valence-corrected chi connectivity index (χ1v) is 9.40. The second kappa shape index (κ2) is 6.58. The van der Waals surface area contributed by atoms with Gasteiger partial charge in [0.15, 0.2) is 11.5 Å². The number of ether oxygens (including phenoxy) is 3. The Labute approximate surface area is 140 Å². The Morgan fingerprint density at radius 2 is 2.21 bits per heavy atom. The molecule has 1 aromatic rings. The Morgan fingerprint density at radius 1 is 1.42 bits per heavy atom. The smallest absolute Gasteiger partial charge is 0.238 e. The normalized spacial score (nSPS) is 23.4. The minimum atomic E-state index is -3.48. The molecule has 24 heavy (non-hydrogen) atoms. The molecule has 132 valence electrons. The van der Waals surface area contributed by atoms with E-state index in [9.17, 15) is 13.2 Å². The number of carbonyl (C=O) groups excluding carboxylic acids is 1. The van der Waals surface area contributed by atoms with Gasteiger partial charge in [-0.2, -0.15) is 4.31 Å². The first kappa shape index (κ1) is 17.0. The number of hydrogen-bond donors (Lipinski definition) is 1. The van der Waals surface area contributed by atoms with Crippen molar-refractivity contribution in [1.82, 2.24) is 9.62 Å². The van der Waals surface area contributed by atoms with E-state index < -0.39 is 16.1 Å².